The van der Waals surface area contributed by atoms with Crippen molar-refractivity contribution in [1.82, 2.24) is 0 Å². The molecule has 0 amide bonds. The van der Waals surface area contributed by atoms with Crippen molar-refractivity contribution < 1.29 is 53.8 Å². The first-order valence-corrected chi connectivity index (χ1v) is 13.4. The second-order valence-electron chi connectivity index (χ2n) is 10.0. The minimum Gasteiger partial charge on any atom is -0.492 e. The Morgan fingerprint density at radius 2 is 1.74 bits per heavy atom. The Hall–Kier alpha value is -3.03. The number of alkyl halides is 6. The van der Waals surface area contributed by atoms with Crippen LogP contribution in [0.25, 0.3) is 0 Å². The molecule has 1 heterocycles. The fourth-order valence-corrected chi connectivity index (χ4v) is 6.14. The van der Waals surface area contributed by atoms with Crippen LogP contribution in [0.3, 0.4) is 0 Å². The number of carboxylic acids is 1. The number of rotatable bonds is 8. The smallest absolute Gasteiger partial charge is 0.420 e. The maximum Gasteiger partial charge on any atom is 0.420 e. The molecule has 2 aromatic carbocycles. The molecule has 0 saturated heterocycles. The van der Waals surface area contributed by atoms with Gasteiger partial charge in [0.15, 0.2) is 0 Å². The largest absolute Gasteiger partial charge is 0.492 e. The number of sulfone groups is 1. The molecular weight excluding hydrogens is 559 g/mol. The molecule has 0 bridgehead atoms. The molecule has 39 heavy (non-hydrogen) atoms. The number of hydrogen-bond acceptors (Lipinski definition) is 5. The van der Waals surface area contributed by atoms with Gasteiger partial charge in [-0.15, -0.1) is 0 Å². The lowest BCUT2D eigenvalue weighted by molar-refractivity contribution is -0.144. The summed E-state index contributed by atoms with van der Waals surface area (Å²) in [6.45, 7) is -0.713. The van der Waals surface area contributed by atoms with Crippen LogP contribution in [0, 0.1) is 17.2 Å². The highest BCUT2D eigenvalue weighted by Crippen LogP contribution is 2.50. The molecule has 1 aliphatic carbocycles. The predicted octanol–water partition coefficient (Wildman–Crippen LogP) is 6.36. The highest BCUT2D eigenvalue weighted by Gasteiger charge is 2.52. The fourth-order valence-electron chi connectivity index (χ4n) is 4.43. The molecule has 1 aliphatic heterocycles. The lowest BCUT2D eigenvalue weighted by atomic mass is 10.00. The number of halogens is 7. The number of nitrogens with zero attached hydrogens (tertiary/aromatic N) is 1. The van der Waals surface area contributed by atoms with Gasteiger partial charge in [-0.2, -0.15) is 13.2 Å². The Morgan fingerprint density at radius 1 is 1.13 bits per heavy atom. The topological polar surface area (TPSA) is 83.9 Å². The number of aliphatic carboxylic acids is 1. The van der Waals surface area contributed by atoms with E-state index >= 15 is 4.39 Å². The van der Waals surface area contributed by atoms with E-state index in [9.17, 15) is 44.7 Å². The number of fused-ring (bicyclic) bond motifs is 1. The zero-order valence-corrected chi connectivity index (χ0v) is 21.3. The Bertz CT molecular complexity index is 1350. The molecule has 1 N–H and O–H groups in total. The number of benzene rings is 2. The number of carbonyl (C=O) groups is 1. The summed E-state index contributed by atoms with van der Waals surface area (Å²) in [7, 11) is -5.05. The van der Waals surface area contributed by atoms with Crippen LogP contribution in [-0.2, 0) is 20.8 Å². The van der Waals surface area contributed by atoms with E-state index in [0.29, 0.717) is 19.1 Å². The quantitative estimate of drug-likeness (QED) is 0.364. The molecule has 2 aromatic rings. The van der Waals surface area contributed by atoms with E-state index in [1.807, 2.05) is 0 Å². The minimum atomic E-state index is -5.10. The van der Waals surface area contributed by atoms with Crippen LogP contribution < -0.4 is 9.64 Å². The zero-order valence-electron chi connectivity index (χ0n) is 20.4. The van der Waals surface area contributed by atoms with E-state index in [1.54, 1.807) is 0 Å². The molecule has 2 atom stereocenters. The van der Waals surface area contributed by atoms with Crippen molar-refractivity contribution >= 4 is 27.2 Å². The van der Waals surface area contributed by atoms with Crippen molar-refractivity contribution in [3.8, 4) is 5.75 Å². The minimum absolute atomic E-state index is 0.000174. The third-order valence-corrected chi connectivity index (χ3v) is 8.87. The van der Waals surface area contributed by atoms with E-state index in [-0.39, 0.29) is 18.5 Å². The van der Waals surface area contributed by atoms with Crippen LogP contribution in [-0.4, -0.2) is 44.1 Å². The fraction of sp³-hybridized carbons (Fsp3) is 0.480. The second kappa shape index (κ2) is 9.86. The molecule has 6 nitrogen and oxygen atoms in total. The average molecular weight is 584 g/mol. The monoisotopic (exact) mass is 583 g/mol. The maximum atomic E-state index is 15.6. The van der Waals surface area contributed by atoms with Gasteiger partial charge in [-0.05, 0) is 56.5 Å². The van der Waals surface area contributed by atoms with E-state index < -0.39 is 98.4 Å². The zero-order chi connectivity index (χ0) is 29.0. The van der Waals surface area contributed by atoms with E-state index in [2.05, 4.69) is 0 Å². The van der Waals surface area contributed by atoms with Crippen LogP contribution in [0.4, 0.5) is 42.1 Å². The number of anilines is 2. The molecule has 0 unspecified atom stereocenters. The molecule has 2 aliphatic rings. The summed E-state index contributed by atoms with van der Waals surface area (Å²) in [5, 5.41) is 9.34. The molecule has 4 rings (SSSR count). The molecule has 0 spiro atoms. The van der Waals surface area contributed by atoms with Gasteiger partial charge in [0.25, 0.3) is 0 Å². The van der Waals surface area contributed by atoms with Gasteiger partial charge in [-0.25, -0.2) is 26.0 Å². The summed E-state index contributed by atoms with van der Waals surface area (Å²) < 4.78 is 131. The van der Waals surface area contributed by atoms with Gasteiger partial charge in [-0.1, -0.05) is 0 Å². The highest BCUT2D eigenvalue weighted by atomic mass is 32.2. The third kappa shape index (κ3) is 5.94. The Morgan fingerprint density at radius 3 is 2.26 bits per heavy atom. The standard InChI is InChI=1S/C25H24F7NO5S/c1-23(28,29)7-6-14-12-33(16-4-2-15(26)3-5-16)18-10-17(25(30,31)32)19(11-20(18)39(36,37)21(14)27)38-13-24(8-9-24)22(34)35/h2-5,10-11,14,21H,6-9,12-13H2,1H3,(H,34,35)/t14-,21+/m0/s1. The van der Waals surface area contributed by atoms with Crippen molar-refractivity contribution in [3.63, 3.8) is 0 Å². The average Bonchev–Trinajstić information content (AvgIpc) is 3.63. The van der Waals surface area contributed by atoms with Gasteiger partial charge in [0, 0.05) is 30.6 Å². The normalized spacial score (nSPS) is 22.1. The first kappa shape index (κ1) is 29.0. The van der Waals surface area contributed by atoms with Crippen molar-refractivity contribution in [3.05, 3.63) is 47.8 Å². The molecule has 0 radical (unpaired) electrons. The van der Waals surface area contributed by atoms with Crippen LogP contribution >= 0.6 is 0 Å². The molecular formula is C25H24F7NO5S. The van der Waals surface area contributed by atoms with Gasteiger partial charge in [0.1, 0.15) is 23.6 Å². The third-order valence-electron chi connectivity index (χ3n) is 6.95. The summed E-state index contributed by atoms with van der Waals surface area (Å²) in [5.74, 6) is -7.86. The Labute approximate surface area is 219 Å². The van der Waals surface area contributed by atoms with Gasteiger partial charge in [0.05, 0.1) is 16.1 Å². The van der Waals surface area contributed by atoms with Gasteiger partial charge >= 0.3 is 12.1 Å². The van der Waals surface area contributed by atoms with Crippen LogP contribution in [0.1, 0.15) is 38.2 Å². The number of carboxylic acid groups (broad SMARTS) is 1. The highest BCUT2D eigenvalue weighted by molar-refractivity contribution is 7.92. The SMILES string of the molecule is CC(F)(F)CC[C@H]1CN(c2ccc(F)cc2)c2cc(C(F)(F)F)c(OCC3(C(=O)O)CC3)cc2S(=O)(=O)[C@H]1F. The predicted molar refractivity (Wildman–Crippen MR) is 125 cm³/mol. The van der Waals surface area contributed by atoms with Crippen LogP contribution in [0.15, 0.2) is 41.3 Å². The summed E-state index contributed by atoms with van der Waals surface area (Å²) in [6.07, 6.45) is -6.33. The first-order chi connectivity index (χ1) is 17.9. The molecule has 0 aromatic heterocycles. The lowest BCUT2D eigenvalue weighted by Crippen LogP contribution is -2.32. The lowest BCUT2D eigenvalue weighted by Gasteiger charge is -2.29. The molecule has 1 fully saturated rings. The second-order valence-corrected chi connectivity index (χ2v) is 12.0. The summed E-state index contributed by atoms with van der Waals surface area (Å²) in [6, 6.07) is 5.12. The summed E-state index contributed by atoms with van der Waals surface area (Å²) in [5.41, 5.74) is -6.23. The Kier molecular flexibility index (Phi) is 7.32. The summed E-state index contributed by atoms with van der Waals surface area (Å²) >= 11 is 0. The van der Waals surface area contributed by atoms with Crippen LogP contribution in [0.2, 0.25) is 0 Å². The van der Waals surface area contributed by atoms with Crippen molar-refractivity contribution in [2.45, 2.75) is 55.1 Å². The van der Waals surface area contributed by atoms with Crippen molar-refractivity contribution in [2.24, 2.45) is 11.3 Å². The van der Waals surface area contributed by atoms with Crippen molar-refractivity contribution in [1.29, 1.82) is 0 Å². The molecule has 214 valence electrons. The van der Waals surface area contributed by atoms with E-state index in [0.717, 1.165) is 29.2 Å². The Balaban J connectivity index is 1.88. The number of hydrogen-bond donors (Lipinski definition) is 1. The van der Waals surface area contributed by atoms with Crippen LogP contribution in [0.5, 0.6) is 5.75 Å². The van der Waals surface area contributed by atoms with E-state index in [1.165, 1.54) is 0 Å². The van der Waals surface area contributed by atoms with Crippen molar-refractivity contribution in [2.75, 3.05) is 18.1 Å². The first-order valence-electron chi connectivity index (χ1n) is 11.8. The van der Waals surface area contributed by atoms with E-state index in [4.69, 9.17) is 4.74 Å². The van der Waals surface area contributed by atoms with Gasteiger partial charge < -0.3 is 14.7 Å². The maximum absolute atomic E-state index is 15.6. The van der Waals surface area contributed by atoms with Gasteiger partial charge in [0.2, 0.25) is 21.3 Å². The molecule has 1 saturated carbocycles. The molecule has 14 heteroatoms. The number of ether oxygens (including phenoxy) is 1. The van der Waals surface area contributed by atoms with Gasteiger partial charge in [-0.3, -0.25) is 4.79 Å². The summed E-state index contributed by atoms with van der Waals surface area (Å²) in [4.78, 5) is 11.6.